The number of hydrogen-bond acceptors (Lipinski definition) is 6. The Balaban J connectivity index is 0. The number of rotatable bonds is 7. The Hall–Kier alpha value is -0.0726. The van der Waals surface area contributed by atoms with Crippen LogP contribution >= 0.6 is 0 Å². The molecule has 0 aliphatic carbocycles. The van der Waals surface area contributed by atoms with Gasteiger partial charge in [-0.25, -0.2) is 16.8 Å². The molecule has 0 aromatic carbocycles. The molecule has 0 aromatic rings. The van der Waals surface area contributed by atoms with Crippen LogP contribution in [0.5, 0.6) is 0 Å². The molecule has 0 fully saturated rings. The van der Waals surface area contributed by atoms with E-state index in [0.29, 0.717) is 0 Å². The van der Waals surface area contributed by atoms with Crippen molar-refractivity contribution in [3.05, 3.63) is 0 Å². The Morgan fingerprint density at radius 3 is 2.12 bits per heavy atom. The summed E-state index contributed by atoms with van der Waals surface area (Å²) in [4.78, 5) is 11.0. The van der Waals surface area contributed by atoms with Gasteiger partial charge in [0.25, 0.3) is 0 Å². The minimum absolute atomic E-state index is 0. The van der Waals surface area contributed by atoms with Gasteiger partial charge >= 0.3 is 18.9 Å². The molecule has 0 bridgehead atoms. The molecule has 0 saturated heterocycles. The first-order chi connectivity index (χ1) is 7.10. The molecule has 1 N–H and O–H groups in total. The first-order valence-electron chi connectivity index (χ1n) is 4.48. The van der Waals surface area contributed by atoms with Gasteiger partial charge in [-0.2, -0.15) is 0 Å². The van der Waals surface area contributed by atoms with Gasteiger partial charge in [-0.1, -0.05) is 0 Å². The second-order valence-electron chi connectivity index (χ2n) is 3.35. The molecule has 17 heavy (non-hydrogen) atoms. The Kier molecular flexibility index (Phi) is 9.19. The molecule has 0 rings (SSSR count). The maximum absolute atomic E-state index is 11.0. The molecule has 10 heteroatoms. The van der Waals surface area contributed by atoms with Gasteiger partial charge in [0, 0.05) is 19.2 Å². The van der Waals surface area contributed by atoms with Crippen molar-refractivity contribution in [3.63, 3.8) is 0 Å². The van der Waals surface area contributed by atoms with Gasteiger partial charge in [-0.05, 0) is 6.42 Å². The third kappa shape index (κ3) is 15.9. The third-order valence-electron chi connectivity index (χ3n) is 1.59. The van der Waals surface area contributed by atoms with Crippen LogP contribution in [0.15, 0.2) is 0 Å². The topological polar surface area (TPSA) is 120 Å². The number of carbonyl (C=O) groups excluding carboxylic acids is 1. The Bertz CT molecular complexity index is 389. The molecule has 0 aliphatic rings. The van der Waals surface area contributed by atoms with E-state index >= 15 is 0 Å². The van der Waals surface area contributed by atoms with E-state index in [1.165, 1.54) is 0 Å². The minimum Gasteiger partial charge on any atom is -0.748 e. The van der Waals surface area contributed by atoms with Gasteiger partial charge < -0.3 is 9.87 Å². The first-order valence-corrected chi connectivity index (χ1v) is 8.12. The van der Waals surface area contributed by atoms with Crippen LogP contribution in [0, 0.1) is 0 Å². The zero-order chi connectivity index (χ0) is 12.8. The molecular formula is C7H14LiNO6S2. The van der Waals surface area contributed by atoms with E-state index in [-0.39, 0.29) is 44.0 Å². The van der Waals surface area contributed by atoms with Gasteiger partial charge in [-0.3, -0.25) is 4.79 Å². The average molecular weight is 279 g/mol. The Labute approximate surface area is 113 Å². The summed E-state index contributed by atoms with van der Waals surface area (Å²) in [6.07, 6.45) is 1.23. The summed E-state index contributed by atoms with van der Waals surface area (Å²) in [6.45, 7) is -0.246. The van der Waals surface area contributed by atoms with Crippen molar-refractivity contribution in [2.24, 2.45) is 0 Å². The van der Waals surface area contributed by atoms with Gasteiger partial charge in [0.15, 0.2) is 0 Å². The summed E-state index contributed by atoms with van der Waals surface area (Å²) in [5.41, 5.74) is 0. The molecule has 0 heterocycles. The zero-order valence-electron chi connectivity index (χ0n) is 9.80. The van der Waals surface area contributed by atoms with E-state index in [1.807, 2.05) is 0 Å². The van der Waals surface area contributed by atoms with E-state index in [4.69, 9.17) is 0 Å². The molecule has 96 valence electrons. The third-order valence-corrected chi connectivity index (χ3v) is 3.33. The molecule has 0 spiro atoms. The second kappa shape index (κ2) is 8.10. The largest absolute Gasteiger partial charge is 1.00 e. The van der Waals surface area contributed by atoms with Crippen LogP contribution in [0.4, 0.5) is 0 Å². The molecule has 0 aliphatic heterocycles. The molecule has 0 aromatic heterocycles. The summed E-state index contributed by atoms with van der Waals surface area (Å²) in [5, 5.41) is 2.21. The predicted octanol–water partition coefficient (Wildman–Crippen LogP) is -4.52. The van der Waals surface area contributed by atoms with Crippen LogP contribution in [-0.4, -0.2) is 51.6 Å². The number of hydrogen-bond donors (Lipinski definition) is 1. The monoisotopic (exact) mass is 279 g/mol. The normalized spacial score (nSPS) is 11.6. The van der Waals surface area contributed by atoms with Crippen molar-refractivity contribution < 1.29 is 45.0 Å². The molecule has 0 atom stereocenters. The van der Waals surface area contributed by atoms with Crippen molar-refractivity contribution in [2.45, 2.75) is 12.8 Å². The summed E-state index contributed by atoms with van der Waals surface area (Å²) in [7, 11) is -7.41. The molecule has 0 unspecified atom stereocenters. The number of sulfone groups is 1. The second-order valence-corrected chi connectivity index (χ2v) is 7.13. The van der Waals surface area contributed by atoms with Crippen LogP contribution < -0.4 is 24.2 Å². The zero-order valence-corrected chi connectivity index (χ0v) is 11.4. The molecule has 0 saturated carbocycles. The van der Waals surface area contributed by atoms with Crippen LogP contribution in [-0.2, 0) is 24.7 Å². The fourth-order valence-electron chi connectivity index (χ4n) is 0.899. The Morgan fingerprint density at radius 1 is 1.18 bits per heavy atom. The molecular weight excluding hydrogens is 265 g/mol. The van der Waals surface area contributed by atoms with Crippen molar-refractivity contribution in [1.29, 1.82) is 0 Å². The summed E-state index contributed by atoms with van der Waals surface area (Å²) in [6, 6.07) is 0. The molecule has 0 radical (unpaired) electrons. The van der Waals surface area contributed by atoms with Crippen molar-refractivity contribution >= 4 is 25.9 Å². The molecule has 7 nitrogen and oxygen atoms in total. The van der Waals surface area contributed by atoms with Crippen molar-refractivity contribution in [1.82, 2.24) is 5.32 Å². The number of carbonyl (C=O) groups is 1. The maximum Gasteiger partial charge on any atom is 1.00 e. The van der Waals surface area contributed by atoms with Gasteiger partial charge in [-0.15, -0.1) is 0 Å². The average Bonchev–Trinajstić information content (AvgIpc) is 1.98. The van der Waals surface area contributed by atoms with Gasteiger partial charge in [0.2, 0.25) is 5.91 Å². The van der Waals surface area contributed by atoms with E-state index in [0.717, 1.165) is 6.26 Å². The van der Waals surface area contributed by atoms with Gasteiger partial charge in [0.05, 0.1) is 21.6 Å². The fraction of sp³-hybridized carbons (Fsp3) is 0.857. The number of nitrogens with one attached hydrogen (secondary N) is 1. The maximum atomic E-state index is 11.0. The van der Waals surface area contributed by atoms with Crippen molar-refractivity contribution in [2.75, 3.05) is 24.3 Å². The fourth-order valence-corrected chi connectivity index (χ4v) is 1.92. The number of amides is 1. The molecule has 1 amide bonds. The van der Waals surface area contributed by atoms with E-state index in [1.54, 1.807) is 0 Å². The van der Waals surface area contributed by atoms with Crippen molar-refractivity contribution in [3.8, 4) is 0 Å². The predicted molar refractivity (Wildman–Crippen MR) is 56.5 cm³/mol. The van der Waals surface area contributed by atoms with Crippen LogP contribution in [0.25, 0.3) is 0 Å². The minimum atomic E-state index is -4.32. The van der Waals surface area contributed by atoms with E-state index < -0.39 is 31.6 Å². The summed E-state index contributed by atoms with van der Waals surface area (Å²) in [5.74, 6) is -1.22. The Morgan fingerprint density at radius 2 is 1.71 bits per heavy atom. The summed E-state index contributed by atoms with van der Waals surface area (Å²) < 4.78 is 51.9. The van der Waals surface area contributed by atoms with Gasteiger partial charge in [0.1, 0.15) is 9.84 Å². The van der Waals surface area contributed by atoms with E-state index in [2.05, 4.69) is 5.32 Å². The summed E-state index contributed by atoms with van der Waals surface area (Å²) >= 11 is 0. The quantitative estimate of drug-likeness (QED) is 0.370. The smallest absolute Gasteiger partial charge is 0.748 e. The standard InChI is InChI=1S/C7H15NO6S2.Li/c1-15(10,11)5-2-3-7(9)8-4-6-16(12,13)14;/h2-6H2,1H3,(H,8,9)(H,12,13,14);/q;+1/p-1. The van der Waals surface area contributed by atoms with E-state index in [9.17, 15) is 26.2 Å². The first kappa shape index (κ1) is 19.3. The SMILES string of the molecule is CS(=O)(=O)CCCC(=O)NCCS(=O)(=O)[O-].[Li+]. The van der Waals surface area contributed by atoms with Crippen LogP contribution in [0.1, 0.15) is 12.8 Å². The van der Waals surface area contributed by atoms with Crippen LogP contribution in [0.3, 0.4) is 0 Å². The van der Waals surface area contributed by atoms with Crippen LogP contribution in [0.2, 0.25) is 0 Å².